The van der Waals surface area contributed by atoms with Gasteiger partial charge in [0.05, 0.1) is 5.56 Å². The van der Waals surface area contributed by atoms with Crippen molar-refractivity contribution in [2.45, 2.75) is 63.5 Å². The predicted octanol–water partition coefficient (Wildman–Crippen LogP) is 3.54. The summed E-state index contributed by atoms with van der Waals surface area (Å²) in [4.78, 5) is 24.9. The first-order valence-corrected chi connectivity index (χ1v) is 8.26. The third-order valence-corrected chi connectivity index (χ3v) is 4.17. The van der Waals surface area contributed by atoms with Crippen molar-refractivity contribution in [1.82, 2.24) is 5.32 Å². The van der Waals surface area contributed by atoms with E-state index in [1.165, 1.54) is 0 Å². The third-order valence-electron chi connectivity index (χ3n) is 4.17. The highest BCUT2D eigenvalue weighted by Crippen LogP contribution is 2.37. The number of amides is 1. The minimum Gasteiger partial charge on any atom is -0.444 e. The van der Waals surface area contributed by atoms with E-state index in [9.17, 15) is 27.9 Å². The number of hydrogen-bond acceptors (Lipinski definition) is 4. The number of aliphatic hydroxyl groups excluding tert-OH is 1. The molecule has 0 aromatic heterocycles. The highest BCUT2D eigenvalue weighted by atomic mass is 19.4. The van der Waals surface area contributed by atoms with E-state index in [0.717, 1.165) is 24.3 Å². The molecule has 0 unspecified atom stereocenters. The number of aliphatic hydroxyl groups is 1. The lowest BCUT2D eigenvalue weighted by atomic mass is 9.74. The molecule has 1 aliphatic carbocycles. The molecule has 5 nitrogen and oxygen atoms in total. The van der Waals surface area contributed by atoms with Crippen LogP contribution in [0, 0.1) is 0 Å². The molecule has 0 heterocycles. The third kappa shape index (κ3) is 4.35. The molecule has 2 atom stereocenters. The normalized spacial score (nSPS) is 24.3. The van der Waals surface area contributed by atoms with Gasteiger partial charge in [0.25, 0.3) is 0 Å². The van der Waals surface area contributed by atoms with Gasteiger partial charge in [-0.15, -0.1) is 0 Å². The summed E-state index contributed by atoms with van der Waals surface area (Å²) in [6.45, 7) is 4.94. The maximum absolute atomic E-state index is 12.8. The average Bonchev–Trinajstić information content (AvgIpc) is 2.49. The number of benzene rings is 1. The van der Waals surface area contributed by atoms with E-state index in [4.69, 9.17) is 4.74 Å². The van der Waals surface area contributed by atoms with Crippen LogP contribution in [-0.2, 0) is 21.2 Å². The van der Waals surface area contributed by atoms with Crippen LogP contribution in [0.3, 0.4) is 0 Å². The number of Topliss-reactive ketones (excluding diaryl/α,β-unsaturated/α-hetero) is 1. The van der Waals surface area contributed by atoms with Gasteiger partial charge in [0, 0.05) is 0 Å². The molecule has 144 valence electrons. The maximum Gasteiger partial charge on any atom is 0.416 e. The summed E-state index contributed by atoms with van der Waals surface area (Å²) in [5, 5.41) is 12.5. The van der Waals surface area contributed by atoms with Gasteiger partial charge in [-0.3, -0.25) is 4.79 Å². The van der Waals surface area contributed by atoms with Crippen molar-refractivity contribution >= 4 is 11.9 Å². The summed E-state index contributed by atoms with van der Waals surface area (Å²) in [5.74, 6) is -0.658. The van der Waals surface area contributed by atoms with Crippen LogP contribution < -0.4 is 5.32 Å². The van der Waals surface area contributed by atoms with Gasteiger partial charge in [-0.25, -0.2) is 4.79 Å². The van der Waals surface area contributed by atoms with E-state index in [0.29, 0.717) is 6.42 Å². The Morgan fingerprint density at radius 2 is 1.81 bits per heavy atom. The Labute approximate surface area is 149 Å². The second-order valence-corrected chi connectivity index (χ2v) is 7.38. The molecule has 1 aromatic rings. The van der Waals surface area contributed by atoms with Crippen molar-refractivity contribution in [3.8, 4) is 0 Å². The zero-order valence-corrected chi connectivity index (χ0v) is 14.8. The maximum atomic E-state index is 12.8. The molecule has 0 saturated heterocycles. The van der Waals surface area contributed by atoms with Gasteiger partial charge < -0.3 is 15.2 Å². The molecule has 1 amide bonds. The molecule has 1 aromatic carbocycles. The van der Waals surface area contributed by atoms with Gasteiger partial charge >= 0.3 is 12.3 Å². The summed E-state index contributed by atoms with van der Waals surface area (Å²) in [6, 6.07) is 4.00. The number of ketones is 1. The van der Waals surface area contributed by atoms with Crippen LogP contribution in [0.4, 0.5) is 18.0 Å². The summed E-state index contributed by atoms with van der Waals surface area (Å²) < 4.78 is 43.6. The molecule has 8 heteroatoms. The van der Waals surface area contributed by atoms with Crippen molar-refractivity contribution < 1.29 is 32.6 Å². The Balaban J connectivity index is 2.41. The molecular weight excluding hydrogens is 351 g/mol. The molecule has 1 fully saturated rings. The number of halogens is 3. The molecule has 0 radical (unpaired) electrons. The van der Waals surface area contributed by atoms with Crippen LogP contribution in [-0.4, -0.2) is 28.7 Å². The van der Waals surface area contributed by atoms with Crippen LogP contribution in [0.2, 0.25) is 0 Å². The van der Waals surface area contributed by atoms with Crippen LogP contribution in [0.1, 0.15) is 51.2 Å². The second kappa shape index (κ2) is 6.90. The number of nitrogens with one attached hydrogen (secondary N) is 1. The topological polar surface area (TPSA) is 75.6 Å². The second-order valence-electron chi connectivity index (χ2n) is 7.38. The number of carbonyl (C=O) groups is 2. The molecule has 1 saturated carbocycles. The fourth-order valence-electron chi connectivity index (χ4n) is 3.00. The largest absolute Gasteiger partial charge is 0.444 e. The quantitative estimate of drug-likeness (QED) is 0.832. The van der Waals surface area contributed by atoms with Gasteiger partial charge in [0.1, 0.15) is 17.2 Å². The molecule has 0 aliphatic heterocycles. The number of alkyl carbamates (subject to hydrolysis) is 1. The highest BCUT2D eigenvalue weighted by Gasteiger charge is 2.47. The smallest absolute Gasteiger partial charge is 0.416 e. The number of alkyl halides is 3. The minimum absolute atomic E-state index is 0.160. The fraction of sp³-hybridized carbons (Fsp3) is 0.556. The number of carbonyl (C=O) groups excluding carboxylic acids is 2. The number of hydrogen-bond donors (Lipinski definition) is 2. The standard InChI is InChI=1S/C18H22F3NO4/c1-16(2,3)26-15(25)22-17(10-4-5-13(23)14(17)24)11-6-8-12(9-7-11)18(19,20)21/h6-9,13,23H,4-5,10H2,1-3H3,(H,22,25)/t13-,17-/m1/s1. The van der Waals surface area contributed by atoms with Crippen LogP contribution >= 0.6 is 0 Å². The Bertz CT molecular complexity index is 679. The van der Waals surface area contributed by atoms with Gasteiger partial charge in [-0.2, -0.15) is 13.2 Å². The lowest BCUT2D eigenvalue weighted by Crippen LogP contribution is -2.58. The lowest BCUT2D eigenvalue weighted by molar-refractivity contribution is -0.138. The average molecular weight is 373 g/mol. The summed E-state index contributed by atoms with van der Waals surface area (Å²) in [7, 11) is 0. The zero-order chi connectivity index (χ0) is 19.8. The van der Waals surface area contributed by atoms with Gasteiger partial charge in [-0.05, 0) is 57.7 Å². The van der Waals surface area contributed by atoms with E-state index < -0.39 is 40.9 Å². The van der Waals surface area contributed by atoms with Gasteiger partial charge in [0.2, 0.25) is 0 Å². The Morgan fingerprint density at radius 3 is 2.31 bits per heavy atom. The predicted molar refractivity (Wildman–Crippen MR) is 87.4 cm³/mol. The lowest BCUT2D eigenvalue weighted by Gasteiger charge is -2.39. The van der Waals surface area contributed by atoms with Crippen molar-refractivity contribution in [1.29, 1.82) is 0 Å². The van der Waals surface area contributed by atoms with E-state index in [1.807, 2.05) is 0 Å². The summed E-state index contributed by atoms with van der Waals surface area (Å²) in [5.41, 5.74) is -3.12. The Kier molecular flexibility index (Phi) is 5.37. The molecule has 2 rings (SSSR count). The SMILES string of the molecule is CC(C)(C)OC(=O)N[C@@]1(c2ccc(C(F)(F)F)cc2)CCC[C@@H](O)C1=O. The van der Waals surface area contributed by atoms with Crippen molar-refractivity contribution in [2.24, 2.45) is 0 Å². The molecular formula is C18H22F3NO4. The van der Waals surface area contributed by atoms with Crippen molar-refractivity contribution in [3.63, 3.8) is 0 Å². The Hall–Kier alpha value is -2.09. The molecule has 1 aliphatic rings. The molecule has 2 N–H and O–H groups in total. The van der Waals surface area contributed by atoms with E-state index >= 15 is 0 Å². The molecule has 0 spiro atoms. The van der Waals surface area contributed by atoms with E-state index in [2.05, 4.69) is 5.32 Å². The minimum atomic E-state index is -4.51. The summed E-state index contributed by atoms with van der Waals surface area (Å²) >= 11 is 0. The van der Waals surface area contributed by atoms with E-state index in [-0.39, 0.29) is 18.4 Å². The fourth-order valence-corrected chi connectivity index (χ4v) is 3.00. The first-order valence-electron chi connectivity index (χ1n) is 8.26. The van der Waals surface area contributed by atoms with Gasteiger partial charge in [0.15, 0.2) is 5.78 Å². The first-order chi connectivity index (χ1) is 11.8. The van der Waals surface area contributed by atoms with Crippen LogP contribution in [0.15, 0.2) is 24.3 Å². The number of ether oxygens (including phenoxy) is 1. The van der Waals surface area contributed by atoms with E-state index in [1.54, 1.807) is 20.8 Å². The monoisotopic (exact) mass is 373 g/mol. The van der Waals surface area contributed by atoms with Crippen molar-refractivity contribution in [3.05, 3.63) is 35.4 Å². The van der Waals surface area contributed by atoms with Gasteiger partial charge in [-0.1, -0.05) is 12.1 Å². The summed E-state index contributed by atoms with van der Waals surface area (Å²) in [6.07, 6.45) is -5.88. The molecule has 26 heavy (non-hydrogen) atoms. The van der Waals surface area contributed by atoms with Crippen LogP contribution in [0.25, 0.3) is 0 Å². The van der Waals surface area contributed by atoms with Crippen LogP contribution in [0.5, 0.6) is 0 Å². The zero-order valence-electron chi connectivity index (χ0n) is 14.8. The molecule has 0 bridgehead atoms. The first kappa shape index (κ1) is 20.2. The number of rotatable bonds is 2. The highest BCUT2D eigenvalue weighted by molar-refractivity contribution is 5.96. The Morgan fingerprint density at radius 1 is 1.23 bits per heavy atom. The van der Waals surface area contributed by atoms with Crippen molar-refractivity contribution in [2.75, 3.05) is 0 Å².